The summed E-state index contributed by atoms with van der Waals surface area (Å²) >= 11 is 0. The Morgan fingerprint density at radius 3 is 1.51 bits per heavy atom. The van der Waals surface area contributed by atoms with E-state index in [9.17, 15) is 0 Å². The molecule has 3 heteroatoms. The monoisotopic (exact) mass is 648 g/mol. The minimum absolute atomic E-state index is 0.0173. The molecule has 9 aromatic rings. The number of rotatable bonds is 3. The third-order valence-electron chi connectivity index (χ3n) is 10.8. The highest BCUT2D eigenvalue weighted by Gasteiger charge is 2.41. The molecule has 0 saturated carbocycles. The number of ether oxygens (including phenoxy) is 2. The van der Waals surface area contributed by atoms with Crippen LogP contribution in [-0.4, -0.2) is 6.71 Å². The van der Waals surface area contributed by atoms with E-state index >= 15 is 0 Å². The van der Waals surface area contributed by atoms with Crippen molar-refractivity contribution >= 4 is 55.4 Å². The molecule has 0 fully saturated rings. The average Bonchev–Trinajstić information content (AvgIpc) is 3.20. The van der Waals surface area contributed by atoms with Crippen LogP contribution < -0.4 is 25.9 Å². The molecule has 0 atom stereocenters. The Morgan fingerprint density at radius 1 is 0.314 bits per heavy atom. The van der Waals surface area contributed by atoms with Crippen molar-refractivity contribution < 1.29 is 9.47 Å². The predicted molar refractivity (Wildman–Crippen MR) is 213 cm³/mol. The van der Waals surface area contributed by atoms with Gasteiger partial charge in [0, 0.05) is 11.0 Å². The summed E-state index contributed by atoms with van der Waals surface area (Å²) in [6.45, 7) is 0.0173. The fourth-order valence-electron chi connectivity index (χ4n) is 8.58. The van der Waals surface area contributed by atoms with Crippen LogP contribution >= 0.6 is 0 Å². The fourth-order valence-corrected chi connectivity index (χ4v) is 8.58. The first-order chi connectivity index (χ1) is 25.3. The zero-order valence-electron chi connectivity index (χ0n) is 27.6. The minimum Gasteiger partial charge on any atom is -0.458 e. The summed E-state index contributed by atoms with van der Waals surface area (Å²) in [5.41, 5.74) is 10.4. The maximum Gasteiger partial charge on any atom is 0.260 e. The number of para-hydroxylation sites is 2. The lowest BCUT2D eigenvalue weighted by molar-refractivity contribution is 0.465. The lowest BCUT2D eigenvalue weighted by Gasteiger charge is -2.34. The van der Waals surface area contributed by atoms with Crippen LogP contribution in [-0.2, 0) is 0 Å². The molecule has 0 bridgehead atoms. The molecule has 2 heterocycles. The van der Waals surface area contributed by atoms with Gasteiger partial charge in [-0.2, -0.15) is 0 Å². The van der Waals surface area contributed by atoms with Gasteiger partial charge in [-0.15, -0.1) is 0 Å². The van der Waals surface area contributed by atoms with Crippen molar-refractivity contribution in [1.82, 2.24) is 0 Å². The molecule has 236 valence electrons. The Bertz CT molecular complexity index is 2860. The van der Waals surface area contributed by atoms with Crippen LogP contribution in [0.4, 0.5) is 0 Å². The summed E-state index contributed by atoms with van der Waals surface area (Å²) in [7, 11) is 0. The molecule has 0 N–H and O–H groups in total. The van der Waals surface area contributed by atoms with E-state index in [1.165, 1.54) is 54.6 Å². The third-order valence-corrected chi connectivity index (χ3v) is 10.8. The van der Waals surface area contributed by atoms with Crippen LogP contribution in [0.5, 0.6) is 23.0 Å². The summed E-state index contributed by atoms with van der Waals surface area (Å²) in [5, 5.41) is 7.47. The van der Waals surface area contributed by atoms with Crippen LogP contribution in [0.1, 0.15) is 0 Å². The zero-order valence-corrected chi connectivity index (χ0v) is 27.6. The Labute approximate surface area is 296 Å². The highest BCUT2D eigenvalue weighted by atomic mass is 16.5. The zero-order chi connectivity index (χ0) is 33.5. The Hall–Kier alpha value is -6.58. The molecular formula is C48H29BO2. The summed E-state index contributed by atoms with van der Waals surface area (Å²) in [6, 6.07) is 63.1. The van der Waals surface area contributed by atoms with Gasteiger partial charge in [-0.3, -0.25) is 0 Å². The number of hydrogen-bond acceptors (Lipinski definition) is 2. The standard InChI is InChI=1S/C48H29BO2/c1-2-14-30(15-3-1)38-28-40-36-21-9-8-20-35(36)39(29-41(40)34-19-7-5-17-32(34)38)33-18-6-4-16-31(33)37-26-27-46-47-48(37)51-45-25-13-11-23-43(45)49(47)42-22-10-12-24-44(42)50-46/h1-29H. The van der Waals surface area contributed by atoms with Crippen molar-refractivity contribution in [3.63, 3.8) is 0 Å². The molecule has 11 rings (SSSR count). The van der Waals surface area contributed by atoms with Gasteiger partial charge in [-0.05, 0) is 107 Å². The van der Waals surface area contributed by atoms with Crippen LogP contribution in [0.2, 0.25) is 0 Å². The number of fused-ring (bicyclic) bond motifs is 9. The van der Waals surface area contributed by atoms with E-state index in [1.54, 1.807) is 0 Å². The van der Waals surface area contributed by atoms with Gasteiger partial charge < -0.3 is 9.47 Å². The van der Waals surface area contributed by atoms with Crippen LogP contribution in [0.3, 0.4) is 0 Å². The van der Waals surface area contributed by atoms with E-state index in [4.69, 9.17) is 9.47 Å². The van der Waals surface area contributed by atoms with Crippen molar-refractivity contribution in [2.45, 2.75) is 0 Å². The second-order valence-corrected chi connectivity index (χ2v) is 13.5. The highest BCUT2D eigenvalue weighted by molar-refractivity contribution is 6.98. The van der Waals surface area contributed by atoms with E-state index in [1.807, 2.05) is 6.07 Å². The van der Waals surface area contributed by atoms with E-state index in [0.717, 1.165) is 50.5 Å². The molecule has 2 aliphatic heterocycles. The maximum absolute atomic E-state index is 6.91. The largest absolute Gasteiger partial charge is 0.458 e. The molecule has 0 aromatic heterocycles. The molecular weight excluding hydrogens is 619 g/mol. The summed E-state index contributed by atoms with van der Waals surface area (Å²) in [5.74, 6) is 3.50. The molecule has 0 amide bonds. The van der Waals surface area contributed by atoms with Crippen LogP contribution in [0.25, 0.3) is 65.7 Å². The van der Waals surface area contributed by atoms with E-state index in [2.05, 4.69) is 170 Å². The van der Waals surface area contributed by atoms with Crippen molar-refractivity contribution in [1.29, 1.82) is 0 Å². The summed E-state index contributed by atoms with van der Waals surface area (Å²) in [4.78, 5) is 0. The molecule has 2 nitrogen and oxygen atoms in total. The Kier molecular flexibility index (Phi) is 6.08. The Balaban J connectivity index is 1.18. The van der Waals surface area contributed by atoms with Crippen molar-refractivity contribution in [3.05, 3.63) is 176 Å². The van der Waals surface area contributed by atoms with Gasteiger partial charge in [-0.25, -0.2) is 0 Å². The minimum atomic E-state index is 0.0173. The predicted octanol–water partition coefficient (Wildman–Crippen LogP) is 10.9. The van der Waals surface area contributed by atoms with E-state index in [0.29, 0.717) is 0 Å². The van der Waals surface area contributed by atoms with Crippen molar-refractivity contribution in [2.75, 3.05) is 0 Å². The summed E-state index contributed by atoms with van der Waals surface area (Å²) in [6.07, 6.45) is 0. The highest BCUT2D eigenvalue weighted by Crippen LogP contribution is 2.47. The lowest BCUT2D eigenvalue weighted by atomic mass is 9.34. The van der Waals surface area contributed by atoms with Crippen molar-refractivity contribution in [2.24, 2.45) is 0 Å². The van der Waals surface area contributed by atoms with Gasteiger partial charge in [0.25, 0.3) is 6.71 Å². The van der Waals surface area contributed by atoms with Gasteiger partial charge in [0.15, 0.2) is 0 Å². The van der Waals surface area contributed by atoms with Crippen LogP contribution in [0.15, 0.2) is 176 Å². The number of benzene rings is 9. The van der Waals surface area contributed by atoms with Gasteiger partial charge >= 0.3 is 0 Å². The second-order valence-electron chi connectivity index (χ2n) is 13.5. The van der Waals surface area contributed by atoms with Gasteiger partial charge in [0.05, 0.1) is 0 Å². The molecule has 51 heavy (non-hydrogen) atoms. The first-order valence-electron chi connectivity index (χ1n) is 17.5. The molecule has 0 aliphatic carbocycles. The average molecular weight is 649 g/mol. The van der Waals surface area contributed by atoms with Gasteiger partial charge in [0.2, 0.25) is 0 Å². The topological polar surface area (TPSA) is 18.5 Å². The van der Waals surface area contributed by atoms with Gasteiger partial charge in [-0.1, -0.05) is 140 Å². The maximum atomic E-state index is 6.91. The second kappa shape index (κ2) is 11.0. The van der Waals surface area contributed by atoms with Gasteiger partial charge in [0.1, 0.15) is 23.0 Å². The van der Waals surface area contributed by atoms with Crippen LogP contribution in [0, 0.1) is 0 Å². The Morgan fingerprint density at radius 2 is 0.824 bits per heavy atom. The molecule has 0 radical (unpaired) electrons. The fraction of sp³-hybridized carbons (Fsp3) is 0. The first kappa shape index (κ1) is 28.3. The smallest absolute Gasteiger partial charge is 0.260 e. The first-order valence-corrected chi connectivity index (χ1v) is 17.5. The third kappa shape index (κ3) is 4.19. The van der Waals surface area contributed by atoms with E-state index in [-0.39, 0.29) is 6.71 Å². The lowest BCUT2D eigenvalue weighted by Crippen LogP contribution is -2.57. The summed E-state index contributed by atoms with van der Waals surface area (Å²) < 4.78 is 13.5. The molecule has 0 spiro atoms. The quantitative estimate of drug-likeness (QED) is 0.140. The normalized spacial score (nSPS) is 12.6. The number of hydrogen-bond donors (Lipinski definition) is 0. The SMILES string of the molecule is c1ccc(-c2cc3c4ccccc4c(-c4ccccc4-c4ccc5c6c4Oc4ccccc4B6c4ccccc4O5)cc3c3ccccc23)cc1. The van der Waals surface area contributed by atoms with Crippen molar-refractivity contribution in [3.8, 4) is 56.4 Å². The van der Waals surface area contributed by atoms with E-state index < -0.39 is 0 Å². The molecule has 0 unspecified atom stereocenters. The molecule has 0 saturated heterocycles. The molecule has 9 aromatic carbocycles. The molecule has 2 aliphatic rings.